The van der Waals surface area contributed by atoms with Crippen LogP contribution in [0.15, 0.2) is 36.4 Å². The number of amides is 1. The van der Waals surface area contributed by atoms with Crippen LogP contribution >= 0.6 is 0 Å². The summed E-state index contributed by atoms with van der Waals surface area (Å²) in [6.07, 6.45) is 1.83. The van der Waals surface area contributed by atoms with Gasteiger partial charge in [-0.05, 0) is 62.8 Å². The zero-order valence-corrected chi connectivity index (χ0v) is 14.7. The standard InChI is InChI=1S/C20H23N3O2/c1-13-16(8-10-23(13)2)20(24)22-19-5-3-4-17(21-19)14-6-7-18-15(12-14)9-11-25-18/h3-7,12-13,16H,8-11H2,1-2H3,(H,21,22,24)/t13-,16-/m1/s1. The van der Waals surface area contributed by atoms with Gasteiger partial charge in [-0.15, -0.1) is 0 Å². The van der Waals surface area contributed by atoms with Crippen LogP contribution in [0.25, 0.3) is 11.3 Å². The van der Waals surface area contributed by atoms with Crippen molar-refractivity contribution in [3.63, 3.8) is 0 Å². The van der Waals surface area contributed by atoms with Gasteiger partial charge in [-0.3, -0.25) is 4.79 Å². The summed E-state index contributed by atoms with van der Waals surface area (Å²) in [5, 5.41) is 3.00. The van der Waals surface area contributed by atoms with E-state index in [9.17, 15) is 4.79 Å². The maximum absolute atomic E-state index is 12.6. The fourth-order valence-corrected chi connectivity index (χ4v) is 3.67. The molecule has 3 heterocycles. The van der Waals surface area contributed by atoms with E-state index in [1.54, 1.807) is 0 Å². The number of pyridine rings is 1. The zero-order chi connectivity index (χ0) is 17.4. The molecular formula is C20H23N3O2. The van der Waals surface area contributed by atoms with Crippen LogP contribution in [0.4, 0.5) is 5.82 Å². The lowest BCUT2D eigenvalue weighted by molar-refractivity contribution is -0.120. The molecule has 5 nitrogen and oxygen atoms in total. The highest BCUT2D eigenvalue weighted by Gasteiger charge is 2.33. The van der Waals surface area contributed by atoms with Crippen molar-refractivity contribution < 1.29 is 9.53 Å². The lowest BCUT2D eigenvalue weighted by atomic mass is 10.0. The minimum absolute atomic E-state index is 0.0209. The number of fused-ring (bicyclic) bond motifs is 1. The van der Waals surface area contributed by atoms with E-state index in [1.807, 2.05) is 30.3 Å². The molecule has 0 saturated carbocycles. The molecule has 2 atom stereocenters. The minimum Gasteiger partial charge on any atom is -0.493 e. The summed E-state index contributed by atoms with van der Waals surface area (Å²) in [5.74, 6) is 1.66. The number of nitrogens with zero attached hydrogens (tertiary/aromatic N) is 2. The number of benzene rings is 1. The van der Waals surface area contributed by atoms with Gasteiger partial charge in [0.15, 0.2) is 0 Å². The average Bonchev–Trinajstić information content (AvgIpc) is 3.21. The van der Waals surface area contributed by atoms with Crippen LogP contribution in [-0.2, 0) is 11.2 Å². The Labute approximate surface area is 148 Å². The van der Waals surface area contributed by atoms with E-state index in [4.69, 9.17) is 4.74 Å². The topological polar surface area (TPSA) is 54.5 Å². The summed E-state index contributed by atoms with van der Waals surface area (Å²) in [6.45, 7) is 3.81. The minimum atomic E-state index is 0.0209. The van der Waals surface area contributed by atoms with Crippen molar-refractivity contribution in [3.05, 3.63) is 42.0 Å². The highest BCUT2D eigenvalue weighted by molar-refractivity contribution is 5.92. The van der Waals surface area contributed by atoms with E-state index in [-0.39, 0.29) is 17.9 Å². The van der Waals surface area contributed by atoms with E-state index in [0.29, 0.717) is 5.82 Å². The Morgan fingerprint density at radius 2 is 2.20 bits per heavy atom. The molecular weight excluding hydrogens is 314 g/mol. The first-order valence-electron chi connectivity index (χ1n) is 8.86. The molecule has 1 aromatic carbocycles. The normalized spacial score (nSPS) is 22.5. The molecule has 4 rings (SSSR count). The molecule has 0 spiro atoms. The molecule has 5 heteroatoms. The molecule has 0 unspecified atom stereocenters. The highest BCUT2D eigenvalue weighted by Crippen LogP contribution is 2.30. The predicted octanol–water partition coefficient (Wildman–Crippen LogP) is 2.96. The first-order chi connectivity index (χ1) is 12.1. The summed E-state index contributed by atoms with van der Waals surface area (Å²) >= 11 is 0. The number of anilines is 1. The van der Waals surface area contributed by atoms with Crippen molar-refractivity contribution in [1.82, 2.24) is 9.88 Å². The quantitative estimate of drug-likeness (QED) is 0.935. The fraction of sp³-hybridized carbons (Fsp3) is 0.400. The molecule has 1 N–H and O–H groups in total. The number of nitrogens with one attached hydrogen (secondary N) is 1. The molecule has 1 saturated heterocycles. The number of hydrogen-bond acceptors (Lipinski definition) is 4. The second kappa shape index (κ2) is 6.48. The van der Waals surface area contributed by atoms with Crippen molar-refractivity contribution in [2.24, 2.45) is 5.92 Å². The molecule has 2 aliphatic rings. The van der Waals surface area contributed by atoms with Gasteiger partial charge < -0.3 is 15.0 Å². The smallest absolute Gasteiger partial charge is 0.230 e. The number of carbonyl (C=O) groups is 1. The third-order valence-corrected chi connectivity index (χ3v) is 5.39. The van der Waals surface area contributed by atoms with Crippen molar-refractivity contribution in [1.29, 1.82) is 0 Å². The van der Waals surface area contributed by atoms with Crippen molar-refractivity contribution >= 4 is 11.7 Å². The Morgan fingerprint density at radius 3 is 3.00 bits per heavy atom. The molecule has 2 aliphatic heterocycles. The third kappa shape index (κ3) is 3.12. The van der Waals surface area contributed by atoms with Gasteiger partial charge in [-0.2, -0.15) is 0 Å². The monoisotopic (exact) mass is 337 g/mol. The van der Waals surface area contributed by atoms with Crippen molar-refractivity contribution in [3.8, 4) is 17.0 Å². The Hall–Kier alpha value is -2.40. The lowest BCUT2D eigenvalue weighted by Crippen LogP contribution is -2.33. The highest BCUT2D eigenvalue weighted by atomic mass is 16.5. The van der Waals surface area contributed by atoms with Crippen LogP contribution in [0.2, 0.25) is 0 Å². The van der Waals surface area contributed by atoms with E-state index in [1.165, 1.54) is 5.56 Å². The molecule has 1 aromatic heterocycles. The molecule has 25 heavy (non-hydrogen) atoms. The fourth-order valence-electron chi connectivity index (χ4n) is 3.67. The van der Waals surface area contributed by atoms with E-state index in [0.717, 1.165) is 43.0 Å². The van der Waals surface area contributed by atoms with Crippen molar-refractivity contribution in [2.45, 2.75) is 25.8 Å². The molecule has 0 bridgehead atoms. The van der Waals surface area contributed by atoms with Crippen LogP contribution in [0.5, 0.6) is 5.75 Å². The second-order valence-electron chi connectivity index (χ2n) is 6.93. The summed E-state index contributed by atoms with van der Waals surface area (Å²) in [5.41, 5.74) is 3.13. The van der Waals surface area contributed by atoms with Gasteiger partial charge >= 0.3 is 0 Å². The maximum atomic E-state index is 12.6. The van der Waals surface area contributed by atoms with Crippen LogP contribution in [0, 0.1) is 5.92 Å². The molecule has 1 fully saturated rings. The summed E-state index contributed by atoms with van der Waals surface area (Å²) < 4.78 is 5.56. The Morgan fingerprint density at radius 1 is 1.32 bits per heavy atom. The van der Waals surface area contributed by atoms with Gasteiger partial charge in [0.05, 0.1) is 18.2 Å². The molecule has 2 aromatic rings. The van der Waals surface area contributed by atoms with E-state index >= 15 is 0 Å². The Kier molecular flexibility index (Phi) is 4.17. The van der Waals surface area contributed by atoms with Crippen molar-refractivity contribution in [2.75, 3.05) is 25.5 Å². The van der Waals surface area contributed by atoms with Crippen LogP contribution in [0.3, 0.4) is 0 Å². The number of ether oxygens (including phenoxy) is 1. The summed E-state index contributed by atoms with van der Waals surface area (Å²) in [7, 11) is 2.06. The number of aromatic nitrogens is 1. The number of carbonyl (C=O) groups excluding carboxylic acids is 1. The van der Waals surface area contributed by atoms with Gasteiger partial charge in [0.2, 0.25) is 5.91 Å². The van der Waals surface area contributed by atoms with Gasteiger partial charge in [-0.25, -0.2) is 4.98 Å². The molecule has 0 aliphatic carbocycles. The predicted molar refractivity (Wildman–Crippen MR) is 97.7 cm³/mol. The Balaban J connectivity index is 1.53. The molecule has 130 valence electrons. The number of rotatable bonds is 3. The van der Waals surface area contributed by atoms with Gasteiger partial charge in [0.25, 0.3) is 0 Å². The van der Waals surface area contributed by atoms with Crippen LogP contribution in [0.1, 0.15) is 18.9 Å². The van der Waals surface area contributed by atoms with Crippen LogP contribution in [-0.4, -0.2) is 42.0 Å². The average molecular weight is 337 g/mol. The summed E-state index contributed by atoms with van der Waals surface area (Å²) in [6, 6.07) is 12.2. The zero-order valence-electron chi connectivity index (χ0n) is 14.7. The van der Waals surface area contributed by atoms with Gasteiger partial charge in [-0.1, -0.05) is 6.07 Å². The van der Waals surface area contributed by atoms with Gasteiger partial charge in [0, 0.05) is 18.0 Å². The molecule has 0 radical (unpaired) electrons. The lowest BCUT2D eigenvalue weighted by Gasteiger charge is -2.19. The number of hydrogen-bond donors (Lipinski definition) is 1. The first kappa shape index (κ1) is 16.1. The van der Waals surface area contributed by atoms with Gasteiger partial charge in [0.1, 0.15) is 11.6 Å². The summed E-state index contributed by atoms with van der Waals surface area (Å²) in [4.78, 5) is 19.4. The van der Waals surface area contributed by atoms with E-state index < -0.39 is 0 Å². The molecule has 1 amide bonds. The van der Waals surface area contributed by atoms with Crippen LogP contribution < -0.4 is 10.1 Å². The second-order valence-corrected chi connectivity index (χ2v) is 6.93. The Bertz CT molecular complexity index is 805. The van der Waals surface area contributed by atoms with E-state index in [2.05, 4.69) is 35.2 Å². The largest absolute Gasteiger partial charge is 0.493 e. The maximum Gasteiger partial charge on any atom is 0.230 e. The SMILES string of the molecule is C[C@@H]1[C@H](C(=O)Nc2cccc(-c3ccc4c(c3)CCO4)n2)CCN1C. The third-order valence-electron chi connectivity index (χ3n) is 5.39. The first-order valence-corrected chi connectivity index (χ1v) is 8.86. The number of likely N-dealkylation sites (tertiary alicyclic amines) is 1.